The summed E-state index contributed by atoms with van der Waals surface area (Å²) in [4.78, 5) is 7.87. The molecule has 4 fully saturated rings. The number of furan rings is 1. The van der Waals surface area contributed by atoms with Gasteiger partial charge >= 0.3 is 0 Å². The molecule has 9 aliphatic rings. The van der Waals surface area contributed by atoms with Crippen LogP contribution in [-0.4, -0.2) is 87.8 Å². The Morgan fingerprint density at radius 2 is 1.84 bits per heavy atom. The van der Waals surface area contributed by atoms with E-state index in [0.29, 0.717) is 78.4 Å². The third-order valence-electron chi connectivity index (χ3n) is 18.8. The van der Waals surface area contributed by atoms with E-state index in [1.807, 2.05) is 46.7 Å². The number of nitrogens with one attached hydrogen (secondary N) is 3. The fourth-order valence-corrected chi connectivity index (χ4v) is 17.9. The highest BCUT2D eigenvalue weighted by molar-refractivity contribution is 8.76. The fourth-order valence-electron chi connectivity index (χ4n) is 15.0. The van der Waals surface area contributed by atoms with Crippen molar-refractivity contribution >= 4 is 27.5 Å². The largest absolute Gasteiger partial charge is 0.504 e. The molecular formula is C56H80N6O6S2. The zero-order chi connectivity index (χ0) is 48.7. The first kappa shape index (κ1) is 50.2. The maximum atomic E-state index is 11.5. The Bertz CT molecular complexity index is 2380. The summed E-state index contributed by atoms with van der Waals surface area (Å²) in [6.07, 6.45) is 22.5. The first-order valence-corrected chi connectivity index (χ1v) is 29.2. The molecule has 7 bridgehead atoms. The van der Waals surface area contributed by atoms with Crippen LogP contribution in [0.15, 0.2) is 64.0 Å². The molecule has 1 aromatic carbocycles. The molecule has 70 heavy (non-hydrogen) atoms. The number of aromatic amines is 1. The van der Waals surface area contributed by atoms with Crippen molar-refractivity contribution in [2.24, 2.45) is 68.7 Å². The summed E-state index contributed by atoms with van der Waals surface area (Å²) in [6, 6.07) is 10.1. The number of benzene rings is 1. The van der Waals surface area contributed by atoms with Crippen LogP contribution in [0.25, 0.3) is 0 Å². The number of rotatable bonds is 16. The van der Waals surface area contributed by atoms with Crippen LogP contribution in [0.5, 0.6) is 11.5 Å². The highest BCUT2D eigenvalue weighted by atomic mass is 33.1. The molecule has 4 heterocycles. The van der Waals surface area contributed by atoms with Crippen molar-refractivity contribution in [3.8, 4) is 11.5 Å². The van der Waals surface area contributed by atoms with Gasteiger partial charge < -0.3 is 56.7 Å². The Morgan fingerprint density at radius 1 is 1.00 bits per heavy atom. The van der Waals surface area contributed by atoms with Gasteiger partial charge in [-0.05, 0) is 159 Å². The van der Waals surface area contributed by atoms with Crippen LogP contribution in [0.2, 0.25) is 0 Å². The predicted octanol–water partition coefficient (Wildman–Crippen LogP) is 8.41. The topological polar surface area (TPSA) is 208 Å². The van der Waals surface area contributed by atoms with Gasteiger partial charge in [-0.3, -0.25) is 4.99 Å². The number of aryl methyl sites for hydroxylation is 3. The number of fused-ring (bicyclic) bond motifs is 5. The molecule has 11 N–H and O–H groups in total. The lowest BCUT2D eigenvalue weighted by Crippen LogP contribution is -2.56. The van der Waals surface area contributed by atoms with Gasteiger partial charge in [0.1, 0.15) is 24.2 Å². The highest BCUT2D eigenvalue weighted by Gasteiger charge is 2.57. The van der Waals surface area contributed by atoms with Crippen molar-refractivity contribution in [1.29, 1.82) is 0 Å². The molecule has 14 heteroatoms. The summed E-state index contributed by atoms with van der Waals surface area (Å²) in [7, 11) is 5.71. The van der Waals surface area contributed by atoms with E-state index in [1.165, 1.54) is 49.8 Å². The molecule has 1 saturated heterocycles. The van der Waals surface area contributed by atoms with E-state index < -0.39 is 12.2 Å². The number of aliphatic imine (C=N–C) groups is 1. The maximum absolute atomic E-state index is 11.5. The third-order valence-corrected chi connectivity index (χ3v) is 21.3. The number of guanidine groups is 1. The number of nitrogens with two attached hydrogens (primary N) is 2. The van der Waals surface area contributed by atoms with Crippen LogP contribution in [0.3, 0.4) is 0 Å². The zero-order valence-electron chi connectivity index (χ0n) is 41.7. The van der Waals surface area contributed by atoms with Crippen molar-refractivity contribution in [1.82, 2.24) is 15.6 Å². The van der Waals surface area contributed by atoms with Gasteiger partial charge in [0.25, 0.3) is 0 Å². The number of aliphatic hydroxyl groups is 3. The van der Waals surface area contributed by atoms with E-state index >= 15 is 0 Å². The molecule has 0 amide bonds. The van der Waals surface area contributed by atoms with E-state index in [4.69, 9.17) is 20.6 Å². The minimum atomic E-state index is -0.909. The number of aromatic hydroxyl groups is 1. The van der Waals surface area contributed by atoms with Crippen LogP contribution in [0, 0.1) is 52.3 Å². The van der Waals surface area contributed by atoms with Gasteiger partial charge in [0.05, 0.1) is 12.7 Å². The van der Waals surface area contributed by atoms with Crippen molar-refractivity contribution < 1.29 is 29.6 Å². The van der Waals surface area contributed by atoms with E-state index in [2.05, 4.69) is 57.9 Å². The average molecular weight is 997 g/mol. The Hall–Kier alpha value is -3.37. The number of hydrogen-bond acceptors (Lipinski definition) is 11. The van der Waals surface area contributed by atoms with Crippen molar-refractivity contribution in [3.05, 3.63) is 94.2 Å². The first-order chi connectivity index (χ1) is 33.9. The molecule has 2 aromatic heterocycles. The van der Waals surface area contributed by atoms with Gasteiger partial charge in [-0.1, -0.05) is 65.3 Å². The van der Waals surface area contributed by atoms with E-state index in [-0.39, 0.29) is 47.8 Å². The minimum Gasteiger partial charge on any atom is -0.504 e. The van der Waals surface area contributed by atoms with Crippen molar-refractivity contribution in [2.75, 3.05) is 38.2 Å². The van der Waals surface area contributed by atoms with Crippen LogP contribution >= 0.6 is 21.6 Å². The Morgan fingerprint density at radius 3 is 2.67 bits per heavy atom. The van der Waals surface area contributed by atoms with Gasteiger partial charge in [0, 0.05) is 85.4 Å². The summed E-state index contributed by atoms with van der Waals surface area (Å²) >= 11 is 0. The molecule has 12 nitrogen and oxygen atoms in total. The molecule has 0 unspecified atom stereocenters. The lowest BCUT2D eigenvalue weighted by Gasteiger charge is -2.56. The van der Waals surface area contributed by atoms with E-state index in [9.17, 15) is 20.4 Å². The first-order valence-electron chi connectivity index (χ1n) is 26.7. The highest BCUT2D eigenvalue weighted by Crippen LogP contribution is 2.64. The van der Waals surface area contributed by atoms with Crippen LogP contribution in [0.4, 0.5) is 0 Å². The van der Waals surface area contributed by atoms with Crippen molar-refractivity contribution in [3.63, 3.8) is 0 Å². The number of aliphatic hydroxyl groups excluding tert-OH is 3. The molecule has 0 radical (unpaired) electrons. The summed E-state index contributed by atoms with van der Waals surface area (Å²) in [5.41, 5.74) is 18.7. The standard InChI is InChI=1S/C56H80N6O6S2/c1-32(64)26-60-27-44-42-25-47(61-53(42)37-14-17-55(44)15-4-5-40(55)21-37)50(66)29-67-52-20-34(7-10-49(52)65)6-9-41-22-39(28-63)51(68-41)11-8-35-12-16-56-18-13-36-23-43(56)38(19-35)24-46(57)45(56)30-69-70-31-48(33(36)2)62-54(58)59-3/h7,10,13-14,17-18,20,22,25,32-33,35-38,40,43-46,48,50,60-61,63-66H,4-6,8-9,11-12,15-16,19,21,23-24,26-31,57H2,1-3H3,(H3,58,59,62)/t32-,33-,35-,36+,37+,38+,40-,43-,44-,45+,46+,48+,50-,55-,56-/m0/s1. The molecule has 2 aliphatic heterocycles. The zero-order valence-corrected chi connectivity index (χ0v) is 43.3. The number of allylic oxidation sites excluding steroid dienone is 4. The molecule has 7 aliphatic carbocycles. The normalized spacial score (nSPS) is 35.4. The number of H-pyrrole nitrogens is 1. The second kappa shape index (κ2) is 21.2. The molecule has 382 valence electrons. The van der Waals surface area contributed by atoms with E-state index in [1.54, 1.807) is 13.1 Å². The van der Waals surface area contributed by atoms with Crippen LogP contribution in [0.1, 0.15) is 136 Å². The quantitative estimate of drug-likeness (QED) is 0.0287. The Kier molecular flexibility index (Phi) is 15.2. The van der Waals surface area contributed by atoms with Crippen LogP contribution in [-0.2, 0) is 25.9 Å². The predicted molar refractivity (Wildman–Crippen MR) is 282 cm³/mol. The maximum Gasteiger partial charge on any atom is 0.188 e. The smallest absolute Gasteiger partial charge is 0.188 e. The molecular weight excluding hydrogens is 917 g/mol. The second-order valence-corrected chi connectivity index (χ2v) is 25.3. The number of ether oxygens (including phenoxy) is 1. The lowest BCUT2D eigenvalue weighted by atomic mass is 9.50. The number of hydrogen-bond donors (Lipinski definition) is 9. The Labute approximate surface area is 423 Å². The fraction of sp³-hybridized carbons (Fsp3) is 0.661. The van der Waals surface area contributed by atoms with Gasteiger partial charge in [0.2, 0.25) is 0 Å². The summed E-state index contributed by atoms with van der Waals surface area (Å²) < 4.78 is 12.7. The lowest BCUT2D eigenvalue weighted by molar-refractivity contribution is -0.00529. The van der Waals surface area contributed by atoms with Gasteiger partial charge in [-0.15, -0.1) is 0 Å². The monoisotopic (exact) mass is 997 g/mol. The molecule has 3 aromatic rings. The minimum absolute atomic E-state index is 0.00820. The van der Waals surface area contributed by atoms with Gasteiger partial charge in [-0.2, -0.15) is 0 Å². The number of aromatic nitrogens is 1. The summed E-state index contributed by atoms with van der Waals surface area (Å²) in [5, 5.41) is 50.0. The molecule has 2 spiro atoms. The molecule has 15 atom stereocenters. The summed E-state index contributed by atoms with van der Waals surface area (Å²) in [6.45, 7) is 5.47. The van der Waals surface area contributed by atoms with Gasteiger partial charge in [-0.25, -0.2) is 0 Å². The Balaban J connectivity index is 0.762. The van der Waals surface area contributed by atoms with Gasteiger partial charge in [0.15, 0.2) is 17.5 Å². The number of nitrogens with zero attached hydrogens (tertiary/aromatic N) is 1. The number of phenols is 1. The number of phenolic OH excluding ortho intramolecular Hbond substituents is 1. The van der Waals surface area contributed by atoms with E-state index in [0.717, 1.165) is 78.5 Å². The molecule has 12 rings (SSSR count). The van der Waals surface area contributed by atoms with Crippen LogP contribution < -0.4 is 26.8 Å². The second-order valence-electron chi connectivity index (χ2n) is 22.7. The average Bonchev–Trinajstić information content (AvgIpc) is 4.06. The molecule has 3 saturated carbocycles. The third kappa shape index (κ3) is 9.89. The van der Waals surface area contributed by atoms with Crippen molar-refractivity contribution in [2.45, 2.75) is 140 Å². The summed E-state index contributed by atoms with van der Waals surface area (Å²) in [5.74, 6) is 9.07. The SMILES string of the molecule is CN=C(N)N[C@@H]1CSSC[C@@H]2[C@H](N)C[C@H]3C[C@@H](CCc4oc(CCc5ccc(O)c(OC[C@H](O)c6cc7c([nH]6)[C@@H]6C=C[C@]8(CCC[C@H]8C6)[C@H]7CNC[C@H](C)O)c5)cc4CO)CC[C@@]24C=C[C@H](C[C@@H]34)[C@@H]1C.